The van der Waals surface area contributed by atoms with Crippen LogP contribution in [0.15, 0.2) is 58.8 Å². The Hall–Kier alpha value is -2.59. The molecular formula is C24H26N4O3S2. The first-order chi connectivity index (χ1) is 16.0. The van der Waals surface area contributed by atoms with E-state index in [9.17, 15) is 13.2 Å². The van der Waals surface area contributed by atoms with Crippen molar-refractivity contribution in [2.24, 2.45) is 0 Å². The van der Waals surface area contributed by atoms with Crippen molar-refractivity contribution >= 4 is 32.4 Å². The molecule has 1 N–H and O–H groups in total. The van der Waals surface area contributed by atoms with Crippen LogP contribution >= 0.6 is 11.3 Å². The Bertz CT molecular complexity index is 1250. The van der Waals surface area contributed by atoms with Gasteiger partial charge in [0, 0.05) is 43.7 Å². The molecule has 172 valence electrons. The largest absolute Gasteiger partial charge is 0.298 e. The predicted molar refractivity (Wildman–Crippen MR) is 129 cm³/mol. The van der Waals surface area contributed by atoms with Crippen LogP contribution in [0.4, 0.5) is 5.13 Å². The third kappa shape index (κ3) is 4.86. The number of thiazole rings is 1. The standard InChI is InChI=1S/C24H26N4O3S2/c29-23(19-7-9-22(10-8-19)33(30,31)28-12-3-4-13-28)26-24-25-21(17-32-24)16-27-14-11-18-5-1-2-6-20(18)15-27/h1-2,5-10,17H,3-4,11-16H2,(H,25,26,29). The van der Waals surface area contributed by atoms with E-state index in [0.29, 0.717) is 23.8 Å². The van der Waals surface area contributed by atoms with Crippen molar-refractivity contribution in [2.75, 3.05) is 25.0 Å². The number of nitrogens with one attached hydrogen (secondary N) is 1. The first-order valence-electron chi connectivity index (χ1n) is 11.1. The molecule has 0 atom stereocenters. The molecule has 33 heavy (non-hydrogen) atoms. The van der Waals surface area contributed by atoms with E-state index in [2.05, 4.69) is 39.5 Å². The number of rotatable bonds is 6. The predicted octanol–water partition coefficient (Wildman–Crippen LogP) is 3.74. The highest BCUT2D eigenvalue weighted by Crippen LogP contribution is 2.24. The molecule has 0 spiro atoms. The quantitative estimate of drug-likeness (QED) is 0.579. The summed E-state index contributed by atoms with van der Waals surface area (Å²) >= 11 is 1.40. The Kier molecular flexibility index (Phi) is 6.29. The van der Waals surface area contributed by atoms with Crippen LogP contribution in [0.2, 0.25) is 0 Å². The minimum Gasteiger partial charge on any atom is -0.298 e. The van der Waals surface area contributed by atoms with Gasteiger partial charge in [0.2, 0.25) is 10.0 Å². The third-order valence-electron chi connectivity index (χ3n) is 6.19. The Balaban J connectivity index is 1.20. The van der Waals surface area contributed by atoms with Crippen LogP contribution in [0.3, 0.4) is 0 Å². The average Bonchev–Trinajstić information content (AvgIpc) is 3.52. The van der Waals surface area contributed by atoms with E-state index in [0.717, 1.165) is 44.6 Å². The molecular weight excluding hydrogens is 456 g/mol. The molecule has 2 aliphatic rings. The molecule has 7 nitrogen and oxygen atoms in total. The van der Waals surface area contributed by atoms with Gasteiger partial charge < -0.3 is 0 Å². The molecule has 1 aromatic heterocycles. The number of hydrogen-bond acceptors (Lipinski definition) is 6. The third-order valence-corrected chi connectivity index (χ3v) is 8.91. The lowest BCUT2D eigenvalue weighted by Crippen LogP contribution is -2.30. The molecule has 2 aliphatic heterocycles. The maximum Gasteiger partial charge on any atom is 0.257 e. The van der Waals surface area contributed by atoms with Crippen molar-refractivity contribution < 1.29 is 13.2 Å². The molecule has 3 heterocycles. The summed E-state index contributed by atoms with van der Waals surface area (Å²) in [6, 6.07) is 14.6. The summed E-state index contributed by atoms with van der Waals surface area (Å²) in [5.41, 5.74) is 4.11. The summed E-state index contributed by atoms with van der Waals surface area (Å²) < 4.78 is 26.8. The molecule has 1 fully saturated rings. The second-order valence-electron chi connectivity index (χ2n) is 8.46. The van der Waals surface area contributed by atoms with Crippen LogP contribution in [0, 0.1) is 0 Å². The molecule has 2 aromatic carbocycles. The topological polar surface area (TPSA) is 82.6 Å². The van der Waals surface area contributed by atoms with Gasteiger partial charge in [-0.25, -0.2) is 13.4 Å². The first-order valence-corrected chi connectivity index (χ1v) is 13.5. The Morgan fingerprint density at radius 1 is 1.00 bits per heavy atom. The summed E-state index contributed by atoms with van der Waals surface area (Å²) in [5, 5.41) is 5.35. The van der Waals surface area contributed by atoms with Crippen LogP contribution < -0.4 is 5.32 Å². The Morgan fingerprint density at radius 2 is 1.73 bits per heavy atom. The Morgan fingerprint density at radius 3 is 2.48 bits per heavy atom. The lowest BCUT2D eigenvalue weighted by atomic mass is 10.00. The monoisotopic (exact) mass is 482 g/mol. The van der Waals surface area contributed by atoms with E-state index >= 15 is 0 Å². The molecule has 0 unspecified atom stereocenters. The number of hydrogen-bond donors (Lipinski definition) is 1. The zero-order valence-electron chi connectivity index (χ0n) is 18.2. The van der Waals surface area contributed by atoms with Crippen molar-refractivity contribution in [3.8, 4) is 0 Å². The molecule has 0 radical (unpaired) electrons. The van der Waals surface area contributed by atoms with Crippen LogP contribution in [0.5, 0.6) is 0 Å². The van der Waals surface area contributed by atoms with Crippen LogP contribution in [0.25, 0.3) is 0 Å². The van der Waals surface area contributed by atoms with Crippen LogP contribution in [-0.2, 0) is 29.5 Å². The summed E-state index contributed by atoms with van der Waals surface area (Å²) in [7, 11) is -3.48. The van der Waals surface area contributed by atoms with Gasteiger partial charge in [0.1, 0.15) is 0 Å². The number of aromatic nitrogens is 1. The number of nitrogens with zero attached hydrogens (tertiary/aromatic N) is 3. The number of sulfonamides is 1. The maximum atomic E-state index is 12.7. The number of carbonyl (C=O) groups is 1. The van der Waals surface area contributed by atoms with E-state index in [1.165, 1.54) is 38.9 Å². The van der Waals surface area contributed by atoms with Gasteiger partial charge in [-0.15, -0.1) is 11.3 Å². The summed E-state index contributed by atoms with van der Waals surface area (Å²) in [6.07, 6.45) is 2.81. The zero-order chi connectivity index (χ0) is 22.8. The smallest absolute Gasteiger partial charge is 0.257 e. The van der Waals surface area contributed by atoms with Crippen molar-refractivity contribution in [2.45, 2.75) is 37.2 Å². The van der Waals surface area contributed by atoms with Gasteiger partial charge in [0.15, 0.2) is 5.13 Å². The number of carbonyl (C=O) groups excluding carboxylic acids is 1. The van der Waals surface area contributed by atoms with Gasteiger partial charge in [0.05, 0.1) is 10.6 Å². The van der Waals surface area contributed by atoms with E-state index in [4.69, 9.17) is 0 Å². The highest BCUT2D eigenvalue weighted by Gasteiger charge is 2.27. The highest BCUT2D eigenvalue weighted by molar-refractivity contribution is 7.89. The molecule has 3 aromatic rings. The molecule has 0 saturated carbocycles. The number of benzene rings is 2. The molecule has 5 rings (SSSR count). The lowest BCUT2D eigenvalue weighted by molar-refractivity contribution is 0.102. The fourth-order valence-corrected chi connectivity index (χ4v) is 6.59. The minimum atomic E-state index is -3.48. The van der Waals surface area contributed by atoms with E-state index in [1.807, 2.05) is 5.38 Å². The van der Waals surface area contributed by atoms with Crippen LogP contribution in [0.1, 0.15) is 40.0 Å². The summed E-state index contributed by atoms with van der Waals surface area (Å²) in [6.45, 7) is 3.75. The number of fused-ring (bicyclic) bond motifs is 1. The van der Waals surface area contributed by atoms with Gasteiger partial charge in [-0.1, -0.05) is 24.3 Å². The summed E-state index contributed by atoms with van der Waals surface area (Å²) in [4.78, 5) is 19.8. The van der Waals surface area contributed by atoms with E-state index < -0.39 is 10.0 Å². The van der Waals surface area contributed by atoms with Crippen molar-refractivity contribution in [1.82, 2.24) is 14.2 Å². The average molecular weight is 483 g/mol. The fraction of sp³-hybridized carbons (Fsp3) is 0.333. The van der Waals surface area contributed by atoms with Gasteiger partial charge in [-0.3, -0.25) is 15.0 Å². The molecule has 0 aliphatic carbocycles. The van der Waals surface area contributed by atoms with Crippen molar-refractivity contribution in [1.29, 1.82) is 0 Å². The van der Waals surface area contributed by atoms with Gasteiger partial charge in [0.25, 0.3) is 5.91 Å². The van der Waals surface area contributed by atoms with E-state index in [-0.39, 0.29) is 10.8 Å². The maximum absolute atomic E-state index is 12.7. The minimum absolute atomic E-state index is 0.223. The highest BCUT2D eigenvalue weighted by atomic mass is 32.2. The lowest BCUT2D eigenvalue weighted by Gasteiger charge is -2.27. The van der Waals surface area contributed by atoms with E-state index in [1.54, 1.807) is 12.1 Å². The van der Waals surface area contributed by atoms with Gasteiger partial charge in [-0.2, -0.15) is 4.31 Å². The summed E-state index contributed by atoms with van der Waals surface area (Å²) in [5.74, 6) is -0.298. The number of anilines is 1. The zero-order valence-corrected chi connectivity index (χ0v) is 19.9. The second-order valence-corrected chi connectivity index (χ2v) is 11.3. The SMILES string of the molecule is O=C(Nc1nc(CN2CCc3ccccc3C2)cs1)c1ccc(S(=O)(=O)N2CCCC2)cc1. The fourth-order valence-electron chi connectivity index (χ4n) is 4.38. The molecule has 0 bridgehead atoms. The number of amides is 1. The molecule has 9 heteroatoms. The molecule has 1 saturated heterocycles. The second kappa shape index (κ2) is 9.34. The normalized spacial score (nSPS) is 17.1. The van der Waals surface area contributed by atoms with Crippen molar-refractivity contribution in [3.05, 3.63) is 76.3 Å². The van der Waals surface area contributed by atoms with Crippen LogP contribution in [-0.4, -0.2) is 48.1 Å². The van der Waals surface area contributed by atoms with Crippen molar-refractivity contribution in [3.63, 3.8) is 0 Å². The van der Waals surface area contributed by atoms with Gasteiger partial charge >= 0.3 is 0 Å². The van der Waals surface area contributed by atoms with Gasteiger partial charge in [-0.05, 0) is 54.7 Å². The Labute approximate surface area is 198 Å². The first kappa shape index (κ1) is 22.2. The molecule has 1 amide bonds.